The van der Waals surface area contributed by atoms with Crippen molar-refractivity contribution in [3.8, 4) is 0 Å². The highest BCUT2D eigenvalue weighted by Crippen LogP contribution is 2.21. The van der Waals surface area contributed by atoms with Gasteiger partial charge in [0.1, 0.15) is 17.3 Å². The number of hydrogen-bond acceptors (Lipinski definition) is 4. The first-order valence-corrected chi connectivity index (χ1v) is 4.50. The Morgan fingerprint density at radius 3 is 2.93 bits per heavy atom. The molecule has 1 heterocycles. The fourth-order valence-electron chi connectivity index (χ4n) is 1.13. The maximum Gasteiger partial charge on any atom is 0.140 e. The smallest absolute Gasteiger partial charge is 0.140 e. The highest BCUT2D eigenvalue weighted by molar-refractivity contribution is 6.30. The van der Waals surface area contributed by atoms with Gasteiger partial charge in [0.25, 0.3) is 0 Å². The summed E-state index contributed by atoms with van der Waals surface area (Å²) in [5.41, 5.74) is 0.540. The number of hydrogen-bond donors (Lipinski definition) is 1. The molecule has 5 heteroatoms. The lowest BCUT2D eigenvalue weighted by Gasteiger charge is -2.18. The summed E-state index contributed by atoms with van der Waals surface area (Å²) in [7, 11) is 1.85. The van der Waals surface area contributed by atoms with E-state index in [4.69, 9.17) is 16.7 Å². The van der Waals surface area contributed by atoms with Crippen LogP contribution in [-0.4, -0.2) is 28.7 Å². The molecule has 76 valence electrons. The van der Waals surface area contributed by atoms with E-state index in [0.29, 0.717) is 17.9 Å². The highest BCUT2D eigenvalue weighted by atomic mass is 35.5. The molecule has 0 aliphatic carbocycles. The van der Waals surface area contributed by atoms with Gasteiger partial charge >= 0.3 is 0 Å². The maximum atomic E-state index is 9.10. The van der Waals surface area contributed by atoms with Crippen LogP contribution in [0.5, 0.6) is 0 Å². The lowest BCUT2D eigenvalue weighted by Crippen LogP contribution is -2.20. The van der Waals surface area contributed by atoms with E-state index in [1.54, 1.807) is 6.08 Å². The van der Waals surface area contributed by atoms with Crippen LogP contribution in [0.2, 0.25) is 5.15 Å². The van der Waals surface area contributed by atoms with E-state index in [0.717, 1.165) is 0 Å². The van der Waals surface area contributed by atoms with Gasteiger partial charge in [0, 0.05) is 13.6 Å². The van der Waals surface area contributed by atoms with Gasteiger partial charge in [-0.2, -0.15) is 0 Å². The van der Waals surface area contributed by atoms with Crippen molar-refractivity contribution in [2.24, 2.45) is 0 Å². The third kappa shape index (κ3) is 2.21. The van der Waals surface area contributed by atoms with Crippen LogP contribution in [-0.2, 0) is 6.61 Å². The van der Waals surface area contributed by atoms with Gasteiger partial charge in [0.05, 0.1) is 12.2 Å². The van der Waals surface area contributed by atoms with Gasteiger partial charge < -0.3 is 10.0 Å². The van der Waals surface area contributed by atoms with Crippen molar-refractivity contribution < 1.29 is 5.11 Å². The molecule has 0 radical (unpaired) electrons. The molecule has 0 amide bonds. The molecule has 1 aromatic rings. The average Bonchev–Trinajstić information content (AvgIpc) is 2.17. The number of anilines is 1. The first-order valence-electron chi connectivity index (χ1n) is 4.13. The van der Waals surface area contributed by atoms with Crippen LogP contribution in [0.15, 0.2) is 19.0 Å². The molecule has 4 nitrogen and oxygen atoms in total. The van der Waals surface area contributed by atoms with E-state index in [-0.39, 0.29) is 11.8 Å². The van der Waals surface area contributed by atoms with Crippen molar-refractivity contribution in [2.45, 2.75) is 6.61 Å². The van der Waals surface area contributed by atoms with Crippen molar-refractivity contribution in [2.75, 3.05) is 18.5 Å². The van der Waals surface area contributed by atoms with Crippen molar-refractivity contribution in [3.05, 3.63) is 29.7 Å². The quantitative estimate of drug-likeness (QED) is 0.604. The summed E-state index contributed by atoms with van der Waals surface area (Å²) in [4.78, 5) is 9.69. The van der Waals surface area contributed by atoms with E-state index < -0.39 is 0 Å². The number of aromatic nitrogens is 2. The molecule has 0 aliphatic heterocycles. The molecule has 0 unspecified atom stereocenters. The molecule has 1 N–H and O–H groups in total. The van der Waals surface area contributed by atoms with Gasteiger partial charge in [-0.25, -0.2) is 9.97 Å². The molecule has 1 rings (SSSR count). The van der Waals surface area contributed by atoms with Crippen molar-refractivity contribution in [1.82, 2.24) is 9.97 Å². The zero-order valence-corrected chi connectivity index (χ0v) is 8.70. The predicted molar refractivity (Wildman–Crippen MR) is 56.4 cm³/mol. The summed E-state index contributed by atoms with van der Waals surface area (Å²) < 4.78 is 0. The Balaban J connectivity index is 3.06. The molecular weight excluding hydrogens is 202 g/mol. The molecule has 0 spiro atoms. The molecule has 0 aliphatic rings. The minimum absolute atomic E-state index is 0.170. The number of nitrogens with zero attached hydrogens (tertiary/aromatic N) is 3. The zero-order chi connectivity index (χ0) is 10.6. The fourth-order valence-corrected chi connectivity index (χ4v) is 1.32. The van der Waals surface area contributed by atoms with E-state index in [2.05, 4.69) is 16.5 Å². The molecular formula is C9H12ClN3O. The van der Waals surface area contributed by atoms with Gasteiger partial charge in [-0.15, -0.1) is 6.58 Å². The number of aliphatic hydroxyl groups excluding tert-OH is 1. The molecule has 0 bridgehead atoms. The maximum absolute atomic E-state index is 9.10. The Morgan fingerprint density at radius 2 is 2.36 bits per heavy atom. The van der Waals surface area contributed by atoms with E-state index in [1.165, 1.54) is 6.33 Å². The molecule has 1 aromatic heterocycles. The Morgan fingerprint density at radius 1 is 1.64 bits per heavy atom. The van der Waals surface area contributed by atoms with Crippen molar-refractivity contribution >= 4 is 17.4 Å². The minimum atomic E-state index is -0.170. The van der Waals surface area contributed by atoms with Crippen molar-refractivity contribution in [1.29, 1.82) is 0 Å². The summed E-state index contributed by atoms with van der Waals surface area (Å²) in [6.45, 7) is 4.09. The Kier molecular flexibility index (Phi) is 3.85. The number of halogens is 1. The Labute approximate surface area is 87.9 Å². The second kappa shape index (κ2) is 4.93. The predicted octanol–water partition coefficient (Wildman–Crippen LogP) is 1.24. The molecule has 0 aromatic carbocycles. The SMILES string of the molecule is C=CCN(C)c1ncnc(Cl)c1CO. The summed E-state index contributed by atoms with van der Waals surface area (Å²) in [6.07, 6.45) is 3.12. The van der Waals surface area contributed by atoms with E-state index >= 15 is 0 Å². The second-order valence-electron chi connectivity index (χ2n) is 2.79. The Hall–Kier alpha value is -1.13. The Bertz CT molecular complexity index is 330. The summed E-state index contributed by atoms with van der Waals surface area (Å²) in [5, 5.41) is 9.39. The van der Waals surface area contributed by atoms with Gasteiger partial charge in [-0.05, 0) is 0 Å². The van der Waals surface area contributed by atoms with Gasteiger partial charge in [-0.1, -0.05) is 17.7 Å². The molecule has 0 atom stereocenters. The van der Waals surface area contributed by atoms with Gasteiger partial charge in [0.2, 0.25) is 0 Å². The largest absolute Gasteiger partial charge is 0.391 e. The molecule has 14 heavy (non-hydrogen) atoms. The van der Waals surface area contributed by atoms with Crippen molar-refractivity contribution in [3.63, 3.8) is 0 Å². The fraction of sp³-hybridized carbons (Fsp3) is 0.333. The summed E-state index contributed by atoms with van der Waals surface area (Å²) in [5.74, 6) is 0.632. The average molecular weight is 214 g/mol. The lowest BCUT2D eigenvalue weighted by molar-refractivity contribution is 0.281. The highest BCUT2D eigenvalue weighted by Gasteiger charge is 2.11. The first-order chi connectivity index (χ1) is 6.70. The third-order valence-electron chi connectivity index (χ3n) is 1.79. The van der Waals surface area contributed by atoms with E-state index in [1.807, 2.05) is 11.9 Å². The molecule has 0 saturated carbocycles. The third-order valence-corrected chi connectivity index (χ3v) is 2.12. The normalized spacial score (nSPS) is 9.93. The standard InChI is InChI=1S/C9H12ClN3O/c1-3-4-13(2)9-7(5-14)8(10)11-6-12-9/h3,6,14H,1,4-5H2,2H3. The van der Waals surface area contributed by atoms with Crippen LogP contribution < -0.4 is 4.90 Å². The van der Waals surface area contributed by atoms with Crippen LogP contribution in [0, 0.1) is 0 Å². The van der Waals surface area contributed by atoms with Crippen LogP contribution in [0.25, 0.3) is 0 Å². The summed E-state index contributed by atoms with van der Waals surface area (Å²) in [6, 6.07) is 0. The topological polar surface area (TPSA) is 49.2 Å². The minimum Gasteiger partial charge on any atom is -0.391 e. The van der Waals surface area contributed by atoms with Crippen LogP contribution in [0.4, 0.5) is 5.82 Å². The lowest BCUT2D eigenvalue weighted by atomic mass is 10.3. The zero-order valence-electron chi connectivity index (χ0n) is 7.94. The first kappa shape index (κ1) is 10.9. The second-order valence-corrected chi connectivity index (χ2v) is 3.15. The number of likely N-dealkylation sites (N-methyl/N-ethyl adjacent to an activating group) is 1. The van der Waals surface area contributed by atoms with E-state index in [9.17, 15) is 0 Å². The number of aliphatic hydroxyl groups is 1. The van der Waals surface area contributed by atoms with Gasteiger partial charge in [-0.3, -0.25) is 0 Å². The monoisotopic (exact) mass is 213 g/mol. The molecule has 0 fully saturated rings. The molecule has 0 saturated heterocycles. The summed E-state index contributed by atoms with van der Waals surface area (Å²) >= 11 is 5.81. The van der Waals surface area contributed by atoms with Crippen LogP contribution in [0.1, 0.15) is 5.56 Å². The van der Waals surface area contributed by atoms with Crippen LogP contribution >= 0.6 is 11.6 Å². The number of rotatable bonds is 4. The van der Waals surface area contributed by atoms with Gasteiger partial charge in [0.15, 0.2) is 0 Å². The van der Waals surface area contributed by atoms with Crippen LogP contribution in [0.3, 0.4) is 0 Å².